The van der Waals surface area contributed by atoms with E-state index < -0.39 is 10.0 Å². The fourth-order valence-corrected chi connectivity index (χ4v) is 2.46. The molecule has 6 heteroatoms. The first-order valence-corrected chi connectivity index (χ1v) is 6.58. The highest BCUT2D eigenvalue weighted by Gasteiger charge is 2.15. The number of morpholine rings is 1. The Balaban J connectivity index is 2.24. The number of sulfonamides is 1. The van der Waals surface area contributed by atoms with E-state index in [4.69, 9.17) is 4.74 Å². The van der Waals surface area contributed by atoms with Gasteiger partial charge in [-0.3, -0.25) is 0 Å². The molecule has 5 nitrogen and oxygen atoms in total. The molecule has 0 saturated carbocycles. The van der Waals surface area contributed by atoms with Crippen LogP contribution in [0, 0.1) is 0 Å². The van der Waals surface area contributed by atoms with Gasteiger partial charge in [0.15, 0.2) is 0 Å². The Morgan fingerprint density at radius 2 is 2.36 bits per heavy atom. The molecule has 0 bridgehead atoms. The summed E-state index contributed by atoms with van der Waals surface area (Å²) >= 11 is 0. The van der Waals surface area contributed by atoms with Gasteiger partial charge < -0.3 is 10.1 Å². The standard InChI is InChI=1S/C8H18N2O3S/c1-2-5-14(11,12)10-6-8-7-13-4-3-9-8/h8-10H,2-7H2,1H3. The predicted molar refractivity (Wildman–Crippen MR) is 54.7 cm³/mol. The highest BCUT2D eigenvalue weighted by molar-refractivity contribution is 7.89. The molecule has 0 aromatic rings. The summed E-state index contributed by atoms with van der Waals surface area (Å²) in [6, 6.07) is 0.107. The minimum absolute atomic E-state index is 0.107. The zero-order chi connectivity index (χ0) is 10.4. The average molecular weight is 222 g/mol. The third-order valence-corrected chi connectivity index (χ3v) is 3.57. The van der Waals surface area contributed by atoms with E-state index in [1.165, 1.54) is 0 Å². The first-order valence-electron chi connectivity index (χ1n) is 4.92. The van der Waals surface area contributed by atoms with Gasteiger partial charge in [-0.1, -0.05) is 6.92 Å². The summed E-state index contributed by atoms with van der Waals surface area (Å²) in [5, 5.41) is 3.18. The molecule has 0 radical (unpaired) electrons. The van der Waals surface area contributed by atoms with Gasteiger partial charge in [-0.05, 0) is 6.42 Å². The maximum Gasteiger partial charge on any atom is 0.211 e. The Bertz CT molecular complexity index is 247. The van der Waals surface area contributed by atoms with Crippen LogP contribution < -0.4 is 10.0 Å². The van der Waals surface area contributed by atoms with E-state index >= 15 is 0 Å². The molecule has 1 heterocycles. The molecule has 14 heavy (non-hydrogen) atoms. The van der Waals surface area contributed by atoms with Crippen LogP contribution in [0.15, 0.2) is 0 Å². The molecule has 0 aromatic heterocycles. The van der Waals surface area contributed by atoms with Crippen molar-refractivity contribution >= 4 is 10.0 Å². The summed E-state index contributed by atoms with van der Waals surface area (Å²) in [7, 11) is -3.08. The predicted octanol–water partition coefficient (Wildman–Crippen LogP) is -0.696. The molecule has 1 unspecified atom stereocenters. The second-order valence-corrected chi connectivity index (χ2v) is 5.32. The average Bonchev–Trinajstić information content (AvgIpc) is 2.17. The van der Waals surface area contributed by atoms with E-state index in [1.807, 2.05) is 6.92 Å². The lowest BCUT2D eigenvalue weighted by atomic mass is 10.3. The molecule has 84 valence electrons. The van der Waals surface area contributed by atoms with E-state index in [1.54, 1.807) is 0 Å². The van der Waals surface area contributed by atoms with Crippen molar-refractivity contribution < 1.29 is 13.2 Å². The Hall–Kier alpha value is -0.170. The van der Waals surface area contributed by atoms with Gasteiger partial charge in [-0.2, -0.15) is 0 Å². The molecule has 1 aliphatic rings. The largest absolute Gasteiger partial charge is 0.378 e. The molecule has 1 saturated heterocycles. The molecule has 1 aliphatic heterocycles. The van der Waals surface area contributed by atoms with Crippen molar-refractivity contribution in [3.63, 3.8) is 0 Å². The highest BCUT2D eigenvalue weighted by atomic mass is 32.2. The SMILES string of the molecule is CCCS(=O)(=O)NCC1COCCN1. The van der Waals surface area contributed by atoms with Crippen molar-refractivity contribution in [2.75, 3.05) is 32.1 Å². The van der Waals surface area contributed by atoms with Gasteiger partial charge in [0.05, 0.1) is 19.0 Å². The third-order valence-electron chi connectivity index (χ3n) is 2.02. The Kier molecular flexibility index (Phi) is 4.80. The van der Waals surface area contributed by atoms with Crippen molar-refractivity contribution in [1.82, 2.24) is 10.0 Å². The van der Waals surface area contributed by atoms with Crippen LogP contribution in [0.25, 0.3) is 0 Å². The summed E-state index contributed by atoms with van der Waals surface area (Å²) in [5.41, 5.74) is 0. The quantitative estimate of drug-likeness (QED) is 0.646. The minimum atomic E-state index is -3.08. The second-order valence-electron chi connectivity index (χ2n) is 3.39. The number of rotatable bonds is 5. The fraction of sp³-hybridized carbons (Fsp3) is 1.00. The van der Waals surface area contributed by atoms with Crippen LogP contribution >= 0.6 is 0 Å². The van der Waals surface area contributed by atoms with Gasteiger partial charge in [0.2, 0.25) is 10.0 Å². The van der Waals surface area contributed by atoms with Crippen molar-refractivity contribution in [2.24, 2.45) is 0 Å². The zero-order valence-electron chi connectivity index (χ0n) is 8.45. The van der Waals surface area contributed by atoms with Gasteiger partial charge in [0.1, 0.15) is 0 Å². The van der Waals surface area contributed by atoms with Crippen molar-refractivity contribution in [3.05, 3.63) is 0 Å². The number of hydrogen-bond donors (Lipinski definition) is 2. The monoisotopic (exact) mass is 222 g/mol. The molecule has 0 amide bonds. The van der Waals surface area contributed by atoms with E-state index in [0.717, 1.165) is 6.54 Å². The van der Waals surface area contributed by atoms with Crippen LogP contribution in [0.3, 0.4) is 0 Å². The topological polar surface area (TPSA) is 67.4 Å². The molecule has 1 atom stereocenters. The third kappa shape index (κ3) is 4.36. The first-order chi connectivity index (χ1) is 6.64. The highest BCUT2D eigenvalue weighted by Crippen LogP contribution is 1.94. The molecule has 2 N–H and O–H groups in total. The number of hydrogen-bond acceptors (Lipinski definition) is 4. The van der Waals surface area contributed by atoms with Gasteiger partial charge in [-0.15, -0.1) is 0 Å². The molecule has 0 aromatic carbocycles. The maximum absolute atomic E-state index is 11.3. The first kappa shape index (κ1) is 11.9. The van der Waals surface area contributed by atoms with Gasteiger partial charge in [-0.25, -0.2) is 13.1 Å². The fourth-order valence-electron chi connectivity index (χ4n) is 1.32. The van der Waals surface area contributed by atoms with Crippen LogP contribution in [-0.2, 0) is 14.8 Å². The minimum Gasteiger partial charge on any atom is -0.378 e. The van der Waals surface area contributed by atoms with Gasteiger partial charge in [0, 0.05) is 19.1 Å². The van der Waals surface area contributed by atoms with E-state index in [-0.39, 0.29) is 11.8 Å². The Labute approximate surface area is 85.3 Å². The van der Waals surface area contributed by atoms with Crippen LogP contribution in [0.2, 0.25) is 0 Å². The lowest BCUT2D eigenvalue weighted by Gasteiger charge is -2.23. The molecular formula is C8H18N2O3S. The Morgan fingerprint density at radius 3 is 2.93 bits per heavy atom. The molecule has 1 rings (SSSR count). The van der Waals surface area contributed by atoms with Crippen LogP contribution in [0.1, 0.15) is 13.3 Å². The molecular weight excluding hydrogens is 204 g/mol. The molecule has 0 aliphatic carbocycles. The smallest absolute Gasteiger partial charge is 0.211 e. The van der Waals surface area contributed by atoms with E-state index in [9.17, 15) is 8.42 Å². The van der Waals surface area contributed by atoms with Gasteiger partial charge in [0.25, 0.3) is 0 Å². The van der Waals surface area contributed by atoms with Crippen LogP contribution in [0.5, 0.6) is 0 Å². The summed E-state index contributed by atoms with van der Waals surface area (Å²) in [6.45, 7) is 4.34. The molecule has 0 spiro atoms. The summed E-state index contributed by atoms with van der Waals surface area (Å²) in [5.74, 6) is 0.195. The zero-order valence-corrected chi connectivity index (χ0v) is 9.27. The molecule has 1 fully saturated rings. The summed E-state index contributed by atoms with van der Waals surface area (Å²) < 4.78 is 30.4. The lowest BCUT2D eigenvalue weighted by Crippen LogP contribution is -2.48. The summed E-state index contributed by atoms with van der Waals surface area (Å²) in [6.07, 6.45) is 0.643. The van der Waals surface area contributed by atoms with E-state index in [2.05, 4.69) is 10.0 Å². The summed E-state index contributed by atoms with van der Waals surface area (Å²) in [4.78, 5) is 0. The van der Waals surface area contributed by atoms with E-state index in [0.29, 0.717) is 26.2 Å². The van der Waals surface area contributed by atoms with Crippen molar-refractivity contribution in [1.29, 1.82) is 0 Å². The Morgan fingerprint density at radius 1 is 1.57 bits per heavy atom. The van der Waals surface area contributed by atoms with Crippen LogP contribution in [-0.4, -0.2) is 46.5 Å². The maximum atomic E-state index is 11.3. The second kappa shape index (κ2) is 5.65. The van der Waals surface area contributed by atoms with Crippen LogP contribution in [0.4, 0.5) is 0 Å². The lowest BCUT2D eigenvalue weighted by molar-refractivity contribution is 0.0784. The number of nitrogens with one attached hydrogen (secondary N) is 2. The number of ether oxygens (including phenoxy) is 1. The van der Waals surface area contributed by atoms with Crippen molar-refractivity contribution in [2.45, 2.75) is 19.4 Å². The van der Waals surface area contributed by atoms with Crippen molar-refractivity contribution in [3.8, 4) is 0 Å². The van der Waals surface area contributed by atoms with Gasteiger partial charge >= 0.3 is 0 Å². The normalized spacial score (nSPS) is 23.6.